The second-order valence-corrected chi connectivity index (χ2v) is 4.53. The third-order valence-corrected chi connectivity index (χ3v) is 3.07. The third-order valence-electron chi connectivity index (χ3n) is 3.07. The number of benzene rings is 1. The molecule has 0 aliphatic heterocycles. The first kappa shape index (κ1) is 15.6. The van der Waals surface area contributed by atoms with Gasteiger partial charge in [0.05, 0.1) is 7.11 Å². The minimum absolute atomic E-state index is 0.00812. The molecule has 0 atom stereocenters. The van der Waals surface area contributed by atoms with Gasteiger partial charge in [-0.2, -0.15) is 0 Å². The van der Waals surface area contributed by atoms with Crippen LogP contribution in [0.2, 0.25) is 0 Å². The Balaban J connectivity index is 2.56. The van der Waals surface area contributed by atoms with Gasteiger partial charge in [0.25, 0.3) is 0 Å². The van der Waals surface area contributed by atoms with E-state index in [1.165, 1.54) is 25.3 Å². The predicted molar refractivity (Wildman–Crippen MR) is 78.9 cm³/mol. The monoisotopic (exact) mass is 306 g/mol. The summed E-state index contributed by atoms with van der Waals surface area (Å²) in [5.74, 6) is -1.54. The van der Waals surface area contributed by atoms with E-state index in [1.54, 1.807) is 18.0 Å². The zero-order valence-corrected chi connectivity index (χ0v) is 12.2. The van der Waals surface area contributed by atoms with Crippen LogP contribution in [0.25, 0.3) is 11.3 Å². The molecule has 7 heteroatoms. The van der Waals surface area contributed by atoms with Crippen LogP contribution >= 0.6 is 0 Å². The van der Waals surface area contributed by atoms with Gasteiger partial charge in [0, 0.05) is 19.2 Å². The molecular weight excluding hydrogens is 291 g/mol. The van der Waals surface area contributed by atoms with Crippen LogP contribution in [0.5, 0.6) is 5.75 Å². The number of ether oxygens (including phenoxy) is 1. The number of aromatic carboxylic acids is 1. The van der Waals surface area contributed by atoms with Crippen molar-refractivity contribution < 1.29 is 23.6 Å². The first-order valence-corrected chi connectivity index (χ1v) is 6.38. The van der Waals surface area contributed by atoms with Gasteiger partial charge in [-0.1, -0.05) is 11.2 Å². The number of methoxy groups -OCH3 is 1. The van der Waals surface area contributed by atoms with Gasteiger partial charge in [-0.15, -0.1) is 6.58 Å². The number of halogens is 1. The number of carbonyl (C=O) groups is 1. The first-order chi connectivity index (χ1) is 10.5. The van der Waals surface area contributed by atoms with Crippen LogP contribution in [-0.4, -0.2) is 36.9 Å². The van der Waals surface area contributed by atoms with Crippen molar-refractivity contribution in [2.45, 2.75) is 0 Å². The highest BCUT2D eigenvalue weighted by Gasteiger charge is 2.26. The van der Waals surface area contributed by atoms with Crippen LogP contribution in [0.1, 0.15) is 10.4 Å². The van der Waals surface area contributed by atoms with E-state index in [4.69, 9.17) is 9.26 Å². The van der Waals surface area contributed by atoms with Crippen molar-refractivity contribution in [2.24, 2.45) is 0 Å². The van der Waals surface area contributed by atoms with E-state index in [1.807, 2.05) is 0 Å². The lowest BCUT2D eigenvalue weighted by molar-refractivity contribution is 0.0698. The summed E-state index contributed by atoms with van der Waals surface area (Å²) in [5, 5.41) is 13.2. The van der Waals surface area contributed by atoms with E-state index in [0.717, 1.165) is 0 Å². The van der Waals surface area contributed by atoms with Gasteiger partial charge in [0.1, 0.15) is 0 Å². The lowest BCUT2D eigenvalue weighted by Crippen LogP contribution is -2.19. The average molecular weight is 306 g/mol. The molecular formula is C15H15FN2O4. The second kappa shape index (κ2) is 6.30. The highest BCUT2D eigenvalue weighted by Crippen LogP contribution is 2.33. The molecule has 1 aromatic carbocycles. The fourth-order valence-electron chi connectivity index (χ4n) is 2.01. The molecule has 0 unspecified atom stereocenters. The van der Waals surface area contributed by atoms with Crippen molar-refractivity contribution in [1.82, 2.24) is 5.16 Å². The summed E-state index contributed by atoms with van der Waals surface area (Å²) < 4.78 is 23.5. The number of hydrogen-bond donors (Lipinski definition) is 1. The van der Waals surface area contributed by atoms with E-state index in [0.29, 0.717) is 12.1 Å². The van der Waals surface area contributed by atoms with E-state index in [2.05, 4.69) is 11.7 Å². The van der Waals surface area contributed by atoms with E-state index >= 15 is 0 Å². The zero-order chi connectivity index (χ0) is 16.3. The van der Waals surface area contributed by atoms with Gasteiger partial charge >= 0.3 is 5.97 Å². The Morgan fingerprint density at radius 1 is 1.59 bits per heavy atom. The number of carboxylic acids is 1. The van der Waals surface area contributed by atoms with Gasteiger partial charge in [0.15, 0.2) is 28.7 Å². The Bertz CT molecular complexity index is 712. The van der Waals surface area contributed by atoms with Crippen molar-refractivity contribution in [1.29, 1.82) is 0 Å². The topological polar surface area (TPSA) is 75.8 Å². The maximum absolute atomic E-state index is 13.5. The number of anilines is 1. The Morgan fingerprint density at radius 3 is 2.91 bits per heavy atom. The number of hydrogen-bond acceptors (Lipinski definition) is 5. The minimum atomic E-state index is -1.19. The minimum Gasteiger partial charge on any atom is -0.494 e. The lowest BCUT2D eigenvalue weighted by atomic mass is 10.1. The highest BCUT2D eigenvalue weighted by molar-refractivity contribution is 5.99. The van der Waals surface area contributed by atoms with Gasteiger partial charge in [-0.3, -0.25) is 0 Å². The molecule has 116 valence electrons. The molecule has 0 bridgehead atoms. The molecule has 0 aliphatic rings. The van der Waals surface area contributed by atoms with Crippen molar-refractivity contribution in [2.75, 3.05) is 25.6 Å². The normalized spacial score (nSPS) is 10.3. The largest absolute Gasteiger partial charge is 0.494 e. The summed E-state index contributed by atoms with van der Waals surface area (Å²) >= 11 is 0. The second-order valence-electron chi connectivity index (χ2n) is 4.53. The SMILES string of the molecule is C=CCN(C)c1noc(-c2ccc(F)c(OC)c2)c1C(=O)O. The Hall–Kier alpha value is -2.83. The molecule has 0 saturated heterocycles. The maximum atomic E-state index is 13.5. The van der Waals surface area contributed by atoms with Crippen molar-refractivity contribution in [3.63, 3.8) is 0 Å². The van der Waals surface area contributed by atoms with Crippen molar-refractivity contribution in [3.8, 4) is 17.1 Å². The van der Waals surface area contributed by atoms with Crippen LogP contribution in [-0.2, 0) is 0 Å². The number of nitrogens with zero attached hydrogens (tertiary/aromatic N) is 2. The van der Waals surface area contributed by atoms with Crippen molar-refractivity contribution >= 4 is 11.8 Å². The van der Waals surface area contributed by atoms with Gasteiger partial charge in [-0.05, 0) is 18.2 Å². The number of aromatic nitrogens is 1. The van der Waals surface area contributed by atoms with Crippen LogP contribution in [0.15, 0.2) is 35.4 Å². The fourth-order valence-corrected chi connectivity index (χ4v) is 2.01. The number of rotatable bonds is 6. The van der Waals surface area contributed by atoms with Gasteiger partial charge < -0.3 is 19.3 Å². The van der Waals surface area contributed by atoms with E-state index < -0.39 is 11.8 Å². The molecule has 2 rings (SSSR count). The Kier molecular flexibility index (Phi) is 4.45. The van der Waals surface area contributed by atoms with E-state index in [-0.39, 0.29) is 22.9 Å². The third kappa shape index (κ3) is 2.78. The average Bonchev–Trinajstić information content (AvgIpc) is 2.93. The summed E-state index contributed by atoms with van der Waals surface area (Å²) in [6.07, 6.45) is 1.61. The molecule has 0 fully saturated rings. The van der Waals surface area contributed by atoms with Crippen molar-refractivity contribution in [3.05, 3.63) is 42.2 Å². The summed E-state index contributed by atoms with van der Waals surface area (Å²) in [4.78, 5) is 13.1. The van der Waals surface area contributed by atoms with Gasteiger partial charge in [0.2, 0.25) is 0 Å². The molecule has 2 aromatic rings. The van der Waals surface area contributed by atoms with Crippen LogP contribution in [0, 0.1) is 5.82 Å². The summed E-state index contributed by atoms with van der Waals surface area (Å²) in [7, 11) is 2.99. The zero-order valence-electron chi connectivity index (χ0n) is 12.2. The Labute approximate surface area is 126 Å². The van der Waals surface area contributed by atoms with E-state index in [9.17, 15) is 14.3 Å². The fraction of sp³-hybridized carbons (Fsp3) is 0.200. The quantitative estimate of drug-likeness (QED) is 0.827. The lowest BCUT2D eigenvalue weighted by Gasteiger charge is -2.13. The summed E-state index contributed by atoms with van der Waals surface area (Å²) in [6, 6.07) is 3.94. The molecule has 1 aromatic heterocycles. The standard InChI is InChI=1S/C15H15FN2O4/c1-4-7-18(2)14-12(15(19)20)13(22-17-14)9-5-6-10(16)11(8-9)21-3/h4-6,8H,1,7H2,2-3H3,(H,19,20). The smallest absolute Gasteiger partial charge is 0.343 e. The molecule has 0 amide bonds. The molecule has 6 nitrogen and oxygen atoms in total. The molecule has 1 heterocycles. The predicted octanol–water partition coefficient (Wildman–Crippen LogP) is 2.81. The molecule has 0 spiro atoms. The molecule has 0 aliphatic carbocycles. The summed E-state index contributed by atoms with van der Waals surface area (Å²) in [6.45, 7) is 3.99. The number of likely N-dealkylation sites (N-methyl/N-ethyl adjacent to an activating group) is 1. The Morgan fingerprint density at radius 2 is 2.32 bits per heavy atom. The first-order valence-electron chi connectivity index (χ1n) is 6.38. The molecule has 0 saturated carbocycles. The number of carboxylic acid groups (broad SMARTS) is 1. The van der Waals surface area contributed by atoms with Crippen LogP contribution in [0.4, 0.5) is 10.2 Å². The van der Waals surface area contributed by atoms with Gasteiger partial charge in [-0.25, -0.2) is 9.18 Å². The van der Waals surface area contributed by atoms with Crippen LogP contribution in [0.3, 0.4) is 0 Å². The molecule has 0 radical (unpaired) electrons. The molecule has 22 heavy (non-hydrogen) atoms. The van der Waals surface area contributed by atoms with Crippen LogP contribution < -0.4 is 9.64 Å². The maximum Gasteiger partial charge on any atom is 0.343 e. The highest BCUT2D eigenvalue weighted by atomic mass is 19.1. The molecule has 1 N–H and O–H groups in total. The summed E-state index contributed by atoms with van der Waals surface area (Å²) in [5.41, 5.74) is 0.263.